The van der Waals surface area contributed by atoms with Gasteiger partial charge < -0.3 is 16.8 Å². The fourth-order valence-corrected chi connectivity index (χ4v) is 4.88. The molecule has 1 saturated carbocycles. The Labute approximate surface area is 214 Å². The van der Waals surface area contributed by atoms with Crippen LogP contribution in [0.2, 0.25) is 0 Å². The molecule has 0 unspecified atom stereocenters. The van der Waals surface area contributed by atoms with E-state index in [2.05, 4.69) is 34.6 Å². The number of nitrogens with zero attached hydrogens (tertiary/aromatic N) is 4. The van der Waals surface area contributed by atoms with Crippen LogP contribution in [0.4, 0.5) is 5.82 Å². The number of imidazole rings is 1. The molecule has 1 amide bonds. The van der Waals surface area contributed by atoms with Crippen molar-refractivity contribution < 1.29 is 4.79 Å². The molecule has 6 rings (SSSR count). The molecule has 0 spiro atoms. The summed E-state index contributed by atoms with van der Waals surface area (Å²) in [4.78, 5) is 26.1. The van der Waals surface area contributed by atoms with Crippen molar-refractivity contribution in [2.45, 2.75) is 24.8 Å². The van der Waals surface area contributed by atoms with Gasteiger partial charge in [-0.3, -0.25) is 9.36 Å². The number of anilines is 1. The predicted octanol–water partition coefficient (Wildman–Crippen LogP) is 4.43. The topological polar surface area (TPSA) is 125 Å². The highest BCUT2D eigenvalue weighted by atomic mass is 16.1. The third kappa shape index (κ3) is 3.91. The number of carbonyl (C=O) groups excluding carboxylic acids is 1. The van der Waals surface area contributed by atoms with Crippen molar-refractivity contribution in [3.8, 4) is 28.3 Å². The molecule has 3 aromatic heterocycles. The summed E-state index contributed by atoms with van der Waals surface area (Å²) >= 11 is 0. The van der Waals surface area contributed by atoms with Gasteiger partial charge in [0, 0.05) is 35.6 Å². The van der Waals surface area contributed by atoms with E-state index in [-0.39, 0.29) is 11.4 Å². The summed E-state index contributed by atoms with van der Waals surface area (Å²) in [5, 5.41) is 2.64. The van der Waals surface area contributed by atoms with E-state index in [0.717, 1.165) is 52.9 Å². The molecule has 5 N–H and O–H groups in total. The van der Waals surface area contributed by atoms with E-state index in [4.69, 9.17) is 21.4 Å². The van der Waals surface area contributed by atoms with Crippen LogP contribution in [0.1, 0.15) is 35.2 Å². The second kappa shape index (κ2) is 8.83. The molecule has 8 heteroatoms. The lowest BCUT2D eigenvalue weighted by atomic mass is 9.73. The van der Waals surface area contributed by atoms with Crippen molar-refractivity contribution in [1.29, 1.82) is 0 Å². The van der Waals surface area contributed by atoms with E-state index >= 15 is 0 Å². The zero-order valence-electron chi connectivity index (χ0n) is 20.5. The molecule has 1 aliphatic carbocycles. The first kappa shape index (κ1) is 22.9. The molecular formula is C29H27N7O. The van der Waals surface area contributed by atoms with Gasteiger partial charge in [0.15, 0.2) is 11.5 Å². The van der Waals surface area contributed by atoms with Crippen LogP contribution in [-0.4, -0.2) is 32.5 Å². The number of amides is 1. The third-order valence-electron chi connectivity index (χ3n) is 7.20. The zero-order valence-corrected chi connectivity index (χ0v) is 20.5. The summed E-state index contributed by atoms with van der Waals surface area (Å²) < 4.78 is 2.01. The Morgan fingerprint density at radius 3 is 2.38 bits per heavy atom. The number of nitrogen functional groups attached to an aromatic ring is 1. The van der Waals surface area contributed by atoms with Crippen LogP contribution in [0, 0.1) is 0 Å². The maximum absolute atomic E-state index is 11.9. The minimum Gasteiger partial charge on any atom is -0.383 e. The van der Waals surface area contributed by atoms with E-state index < -0.39 is 0 Å². The highest BCUT2D eigenvalue weighted by Gasteiger charge is 2.34. The average Bonchev–Trinajstić information content (AvgIpc) is 3.30. The normalized spacial score (nSPS) is 14.3. The van der Waals surface area contributed by atoms with Crippen LogP contribution in [0.25, 0.3) is 39.5 Å². The van der Waals surface area contributed by atoms with E-state index in [9.17, 15) is 4.79 Å². The fraction of sp³-hybridized carbons (Fsp3) is 0.172. The fourth-order valence-electron chi connectivity index (χ4n) is 4.88. The second-order valence-electron chi connectivity index (χ2n) is 9.46. The van der Waals surface area contributed by atoms with Gasteiger partial charge in [-0.05, 0) is 73.4 Å². The van der Waals surface area contributed by atoms with Crippen molar-refractivity contribution in [3.63, 3.8) is 0 Å². The zero-order chi connectivity index (χ0) is 25.6. The minimum absolute atomic E-state index is 0.128. The van der Waals surface area contributed by atoms with Crippen LogP contribution < -0.4 is 16.8 Å². The number of hydrogen-bond acceptors (Lipinski definition) is 6. The number of benzene rings is 2. The molecule has 184 valence electrons. The molecule has 37 heavy (non-hydrogen) atoms. The van der Waals surface area contributed by atoms with Gasteiger partial charge in [-0.1, -0.05) is 24.3 Å². The summed E-state index contributed by atoms with van der Waals surface area (Å²) in [5.74, 6) is 0.937. The van der Waals surface area contributed by atoms with Gasteiger partial charge in [0.05, 0.1) is 11.3 Å². The summed E-state index contributed by atoms with van der Waals surface area (Å²) in [5.41, 5.74) is 19.1. The van der Waals surface area contributed by atoms with Crippen LogP contribution in [0.3, 0.4) is 0 Å². The summed E-state index contributed by atoms with van der Waals surface area (Å²) in [7, 11) is 1.62. The number of nitrogens with one attached hydrogen (secondary N) is 1. The number of nitrogens with two attached hydrogens (primary N) is 2. The van der Waals surface area contributed by atoms with Crippen LogP contribution in [0.15, 0.2) is 79.0 Å². The van der Waals surface area contributed by atoms with Crippen LogP contribution in [-0.2, 0) is 5.54 Å². The van der Waals surface area contributed by atoms with Gasteiger partial charge in [-0.25, -0.2) is 15.0 Å². The van der Waals surface area contributed by atoms with Gasteiger partial charge in [0.25, 0.3) is 5.91 Å². The first-order valence-corrected chi connectivity index (χ1v) is 12.3. The molecule has 0 aliphatic heterocycles. The smallest absolute Gasteiger partial charge is 0.251 e. The molecule has 0 radical (unpaired) electrons. The lowest BCUT2D eigenvalue weighted by Gasteiger charge is -2.38. The predicted molar refractivity (Wildman–Crippen MR) is 145 cm³/mol. The van der Waals surface area contributed by atoms with Gasteiger partial charge in [0.1, 0.15) is 11.3 Å². The van der Waals surface area contributed by atoms with Crippen molar-refractivity contribution in [1.82, 2.24) is 24.8 Å². The van der Waals surface area contributed by atoms with Crippen LogP contribution >= 0.6 is 0 Å². The number of aromatic nitrogens is 4. The van der Waals surface area contributed by atoms with E-state index in [1.165, 1.54) is 0 Å². The van der Waals surface area contributed by atoms with Crippen molar-refractivity contribution in [2.24, 2.45) is 5.73 Å². The first-order valence-electron chi connectivity index (χ1n) is 12.3. The lowest BCUT2D eigenvalue weighted by molar-refractivity contribution is 0.0963. The lowest BCUT2D eigenvalue weighted by Crippen LogP contribution is -2.43. The maximum atomic E-state index is 11.9. The highest BCUT2D eigenvalue weighted by Crippen LogP contribution is 2.39. The van der Waals surface area contributed by atoms with E-state index in [1.54, 1.807) is 25.4 Å². The molecule has 8 nitrogen and oxygen atoms in total. The Hall–Kier alpha value is -4.56. The summed E-state index contributed by atoms with van der Waals surface area (Å²) in [6, 6.07) is 23.3. The van der Waals surface area contributed by atoms with E-state index in [0.29, 0.717) is 22.9 Å². The number of hydrogen-bond donors (Lipinski definition) is 3. The molecule has 0 saturated heterocycles. The quantitative estimate of drug-likeness (QED) is 0.335. The standard InChI is InChI=1S/C29H27N7O/c1-32-28(37)19-7-5-18(6-8-19)23-13-14-24-27(34-23)36(26(35-24)22-4-2-17-33-25(22)30)21-11-9-20(10-12-21)29(31)15-3-16-29/h2,4-14,17H,3,15-16,31H2,1H3,(H2,30,33)(H,32,37). The Kier molecular flexibility index (Phi) is 5.46. The molecular weight excluding hydrogens is 462 g/mol. The van der Waals surface area contributed by atoms with Gasteiger partial charge in [-0.15, -0.1) is 0 Å². The summed E-state index contributed by atoms with van der Waals surface area (Å²) in [6.45, 7) is 0. The first-order chi connectivity index (χ1) is 18.0. The second-order valence-corrected chi connectivity index (χ2v) is 9.46. The molecule has 2 aromatic carbocycles. The van der Waals surface area contributed by atoms with Crippen molar-refractivity contribution in [3.05, 3.63) is 90.1 Å². The SMILES string of the molecule is CNC(=O)c1ccc(-c2ccc3nc(-c4cccnc4N)n(-c4ccc(C5(N)CCC5)cc4)c3n2)cc1. The highest BCUT2D eigenvalue weighted by molar-refractivity contribution is 5.94. The monoisotopic (exact) mass is 489 g/mol. The molecule has 0 atom stereocenters. The summed E-state index contributed by atoms with van der Waals surface area (Å²) in [6.07, 6.45) is 4.83. The van der Waals surface area contributed by atoms with Gasteiger partial charge in [0.2, 0.25) is 0 Å². The Morgan fingerprint density at radius 1 is 0.973 bits per heavy atom. The number of fused-ring (bicyclic) bond motifs is 1. The number of carbonyl (C=O) groups is 1. The number of pyridine rings is 2. The van der Waals surface area contributed by atoms with Gasteiger partial charge >= 0.3 is 0 Å². The average molecular weight is 490 g/mol. The maximum Gasteiger partial charge on any atom is 0.251 e. The Bertz CT molecular complexity index is 1620. The third-order valence-corrected chi connectivity index (χ3v) is 7.20. The van der Waals surface area contributed by atoms with Gasteiger partial charge in [-0.2, -0.15) is 0 Å². The Morgan fingerprint density at radius 2 is 1.73 bits per heavy atom. The van der Waals surface area contributed by atoms with E-state index in [1.807, 2.05) is 41.0 Å². The minimum atomic E-state index is -0.238. The van der Waals surface area contributed by atoms with Crippen molar-refractivity contribution in [2.75, 3.05) is 12.8 Å². The molecule has 1 aliphatic rings. The van der Waals surface area contributed by atoms with Crippen LogP contribution in [0.5, 0.6) is 0 Å². The molecule has 5 aromatic rings. The van der Waals surface area contributed by atoms with Crippen molar-refractivity contribution >= 4 is 22.9 Å². The molecule has 3 heterocycles. The largest absolute Gasteiger partial charge is 0.383 e. The molecule has 0 bridgehead atoms. The Balaban J connectivity index is 1.51. The molecule has 1 fully saturated rings. The number of rotatable bonds is 5.